The van der Waals surface area contributed by atoms with Gasteiger partial charge in [-0.3, -0.25) is 9.36 Å². The maximum Gasteiger partial charge on any atom is 0.254 e. The Kier molecular flexibility index (Phi) is 7.92. The van der Waals surface area contributed by atoms with E-state index >= 15 is 0 Å². The Morgan fingerprint density at radius 3 is 2.56 bits per heavy atom. The third-order valence-corrected chi connectivity index (χ3v) is 10.6. The maximum atomic E-state index is 14.4. The number of aromatic nitrogens is 6. The van der Waals surface area contributed by atoms with E-state index in [0.717, 1.165) is 52.7 Å². The molecular weight excluding hydrogens is 681 g/mol. The van der Waals surface area contributed by atoms with Gasteiger partial charge in [0.25, 0.3) is 5.91 Å². The minimum Gasteiger partial charge on any atom is -0.488 e. The molecule has 1 amide bonds. The van der Waals surface area contributed by atoms with E-state index in [2.05, 4.69) is 28.3 Å². The number of aryl methyl sites for hydroxylation is 1. The number of hydrogen-bond donors (Lipinski definition) is 1. The molecular formula is C42H36N8O4. The molecule has 10 rings (SSSR count). The summed E-state index contributed by atoms with van der Waals surface area (Å²) < 4.78 is 21.9. The average Bonchev–Trinajstić information content (AvgIpc) is 4.05. The molecule has 1 aliphatic carbocycles. The molecule has 12 heteroatoms. The highest BCUT2D eigenvalue weighted by atomic mass is 16.7. The zero-order valence-electron chi connectivity index (χ0n) is 29.3. The van der Waals surface area contributed by atoms with E-state index in [1.165, 1.54) is 5.56 Å². The fraction of sp³-hybridized carbons (Fsp3) is 0.214. The van der Waals surface area contributed by atoms with Crippen LogP contribution < -0.4 is 10.5 Å². The van der Waals surface area contributed by atoms with Crippen molar-refractivity contribution < 1.29 is 19.0 Å². The molecule has 54 heavy (non-hydrogen) atoms. The van der Waals surface area contributed by atoms with Gasteiger partial charge in [-0.25, -0.2) is 19.6 Å². The minimum atomic E-state index is -0.578. The van der Waals surface area contributed by atoms with Crippen molar-refractivity contribution in [1.29, 1.82) is 0 Å². The lowest BCUT2D eigenvalue weighted by atomic mass is 9.93. The first-order valence-electron chi connectivity index (χ1n) is 18.2. The number of rotatable bonds is 8. The van der Waals surface area contributed by atoms with E-state index in [1.807, 2.05) is 88.5 Å². The van der Waals surface area contributed by atoms with Gasteiger partial charge in [-0.2, -0.15) is 5.10 Å². The number of imidazole rings is 1. The van der Waals surface area contributed by atoms with Crippen molar-refractivity contribution in [2.75, 3.05) is 25.5 Å². The number of nitrogen functional groups attached to an aromatic ring is 1. The molecule has 268 valence electrons. The molecule has 12 nitrogen and oxygen atoms in total. The van der Waals surface area contributed by atoms with Gasteiger partial charge in [0.15, 0.2) is 23.6 Å². The number of benzene rings is 3. The number of carbonyl (C=O) groups excluding carboxylic acids is 1. The van der Waals surface area contributed by atoms with Gasteiger partial charge >= 0.3 is 0 Å². The summed E-state index contributed by atoms with van der Waals surface area (Å²) in [6.07, 6.45) is 7.06. The molecule has 2 N–H and O–H groups in total. The zero-order valence-corrected chi connectivity index (χ0v) is 29.3. The van der Waals surface area contributed by atoms with Crippen LogP contribution in [-0.4, -0.2) is 59.9 Å². The summed E-state index contributed by atoms with van der Waals surface area (Å²) in [6.45, 7) is 2.01. The van der Waals surface area contributed by atoms with Crippen LogP contribution in [0.3, 0.4) is 0 Å². The standard InChI is InChI=1S/C42H36N8O4/c43-38-31(8-4-16-44-38)39-46-34-12-14-37(49-18-5-17-45-49)47-40(34)50(39)29-10-11-30-27(22-29)9-13-35(30)48-19-15-28-23-36(54-25-26-6-2-1-3-7-26)33(24-32(28)41(48)51)42-52-20-21-53-42/h1-8,10-12,14,16-18,22-24,35,42H,9,13,15,19-21,25H2,(H2,43,44)/t35-/m0/s1. The van der Waals surface area contributed by atoms with Crippen LogP contribution in [0.25, 0.3) is 34.1 Å². The van der Waals surface area contributed by atoms with E-state index in [4.69, 9.17) is 29.9 Å². The van der Waals surface area contributed by atoms with Crippen LogP contribution in [0.1, 0.15) is 56.9 Å². The molecule has 0 radical (unpaired) electrons. The lowest BCUT2D eigenvalue weighted by Crippen LogP contribution is -2.39. The Hall–Kier alpha value is -6.37. The molecule has 0 unspecified atom stereocenters. The molecule has 3 aromatic carbocycles. The van der Waals surface area contributed by atoms with Crippen molar-refractivity contribution in [2.45, 2.75) is 38.2 Å². The molecule has 2 aliphatic heterocycles. The summed E-state index contributed by atoms with van der Waals surface area (Å²) in [5.41, 5.74) is 15.2. The maximum absolute atomic E-state index is 14.4. The minimum absolute atomic E-state index is 0.0114. The van der Waals surface area contributed by atoms with Gasteiger partial charge in [0.1, 0.15) is 23.7 Å². The molecule has 3 aliphatic rings. The number of pyridine rings is 2. The quantitative estimate of drug-likeness (QED) is 0.186. The summed E-state index contributed by atoms with van der Waals surface area (Å²) >= 11 is 0. The van der Waals surface area contributed by atoms with E-state index in [-0.39, 0.29) is 11.9 Å². The number of amides is 1. The normalized spacial score (nSPS) is 16.9. The number of ether oxygens (including phenoxy) is 3. The predicted molar refractivity (Wildman–Crippen MR) is 201 cm³/mol. The highest BCUT2D eigenvalue weighted by Crippen LogP contribution is 2.42. The van der Waals surface area contributed by atoms with Crippen LogP contribution in [-0.2, 0) is 28.9 Å². The Bertz CT molecular complexity index is 2530. The Morgan fingerprint density at radius 1 is 0.833 bits per heavy atom. The van der Waals surface area contributed by atoms with E-state index in [1.54, 1.807) is 17.1 Å². The number of nitrogens with two attached hydrogens (primary N) is 1. The summed E-state index contributed by atoms with van der Waals surface area (Å²) in [4.78, 5) is 30.8. The topological polar surface area (TPSA) is 135 Å². The SMILES string of the molecule is Nc1ncccc1-c1nc2ccc(-n3cccn3)nc2n1-c1ccc2c(c1)CC[C@@H]2N1CCc2cc(OCc3ccccc3)c(C3OCCO3)cc2C1=O. The lowest BCUT2D eigenvalue weighted by molar-refractivity contribution is -0.0459. The lowest BCUT2D eigenvalue weighted by Gasteiger charge is -2.35. The highest BCUT2D eigenvalue weighted by Gasteiger charge is 2.37. The van der Waals surface area contributed by atoms with Crippen LogP contribution in [0.15, 0.2) is 110 Å². The molecule has 0 saturated carbocycles. The van der Waals surface area contributed by atoms with Gasteiger partial charge in [-0.05, 0) is 96.1 Å². The second-order valence-corrected chi connectivity index (χ2v) is 13.8. The van der Waals surface area contributed by atoms with Gasteiger partial charge in [0.2, 0.25) is 0 Å². The molecule has 6 heterocycles. The van der Waals surface area contributed by atoms with Crippen molar-refractivity contribution in [3.8, 4) is 28.6 Å². The Balaban J connectivity index is 0.988. The van der Waals surface area contributed by atoms with Gasteiger partial charge < -0.3 is 24.8 Å². The highest BCUT2D eigenvalue weighted by molar-refractivity contribution is 5.97. The molecule has 0 spiro atoms. The first-order chi connectivity index (χ1) is 26.6. The summed E-state index contributed by atoms with van der Waals surface area (Å²) in [7, 11) is 0. The molecule has 0 bridgehead atoms. The van der Waals surface area contributed by atoms with E-state index < -0.39 is 6.29 Å². The third kappa shape index (κ3) is 5.58. The van der Waals surface area contributed by atoms with Crippen LogP contribution >= 0.6 is 0 Å². The average molecular weight is 717 g/mol. The number of anilines is 1. The van der Waals surface area contributed by atoms with Crippen molar-refractivity contribution in [1.82, 2.24) is 34.2 Å². The van der Waals surface area contributed by atoms with Crippen LogP contribution in [0.5, 0.6) is 5.75 Å². The number of fused-ring (bicyclic) bond motifs is 3. The van der Waals surface area contributed by atoms with Gasteiger partial charge in [0.05, 0.1) is 30.4 Å². The van der Waals surface area contributed by atoms with E-state index in [0.29, 0.717) is 66.3 Å². The van der Waals surface area contributed by atoms with Crippen molar-refractivity contribution >= 4 is 22.9 Å². The van der Waals surface area contributed by atoms with Crippen LogP contribution in [0.2, 0.25) is 0 Å². The molecule has 7 aromatic rings. The number of nitrogens with zero attached hydrogens (tertiary/aromatic N) is 7. The van der Waals surface area contributed by atoms with Crippen LogP contribution in [0, 0.1) is 0 Å². The van der Waals surface area contributed by atoms with Gasteiger partial charge in [-0.15, -0.1) is 0 Å². The summed E-state index contributed by atoms with van der Waals surface area (Å²) in [5.74, 6) is 2.41. The summed E-state index contributed by atoms with van der Waals surface area (Å²) in [6, 6.07) is 29.9. The smallest absolute Gasteiger partial charge is 0.254 e. The second-order valence-electron chi connectivity index (χ2n) is 13.8. The fourth-order valence-electron chi connectivity index (χ4n) is 7.98. The van der Waals surface area contributed by atoms with Crippen molar-refractivity contribution in [3.63, 3.8) is 0 Å². The van der Waals surface area contributed by atoms with E-state index in [9.17, 15) is 4.79 Å². The molecule has 1 saturated heterocycles. The zero-order chi connectivity index (χ0) is 36.2. The Labute approximate surface area is 310 Å². The number of carbonyl (C=O) groups is 1. The third-order valence-electron chi connectivity index (χ3n) is 10.6. The Morgan fingerprint density at radius 2 is 1.72 bits per heavy atom. The monoisotopic (exact) mass is 716 g/mol. The summed E-state index contributed by atoms with van der Waals surface area (Å²) in [5, 5.41) is 4.39. The van der Waals surface area contributed by atoms with Crippen LogP contribution in [0.4, 0.5) is 5.82 Å². The fourth-order valence-corrected chi connectivity index (χ4v) is 7.98. The predicted octanol–water partition coefficient (Wildman–Crippen LogP) is 6.56. The first kappa shape index (κ1) is 32.3. The largest absolute Gasteiger partial charge is 0.488 e. The molecule has 1 fully saturated rings. The number of hydrogen-bond acceptors (Lipinski definition) is 9. The van der Waals surface area contributed by atoms with Crippen molar-refractivity contribution in [2.24, 2.45) is 0 Å². The second kappa shape index (κ2) is 13.2. The van der Waals surface area contributed by atoms with Gasteiger partial charge in [0, 0.05) is 36.4 Å². The molecule has 4 aromatic heterocycles. The van der Waals surface area contributed by atoms with Gasteiger partial charge in [-0.1, -0.05) is 36.4 Å². The van der Waals surface area contributed by atoms with Crippen molar-refractivity contribution in [3.05, 3.63) is 143 Å². The first-order valence-corrected chi connectivity index (χ1v) is 18.2. The molecule has 1 atom stereocenters.